The van der Waals surface area contributed by atoms with Crippen LogP contribution in [0, 0.1) is 5.82 Å². The number of carbonyl (C=O) groups is 1. The fraction of sp³-hybridized carbons (Fsp3) is 0.250. The van der Waals surface area contributed by atoms with E-state index in [2.05, 4.69) is 6.58 Å². The minimum Gasteiger partial charge on any atom is -0.490 e. The molecule has 4 rings (SSSR count). The van der Waals surface area contributed by atoms with E-state index in [1.807, 2.05) is 31.1 Å². The molecular formula is C24H23FN2O4. The first-order chi connectivity index (χ1) is 14.9. The van der Waals surface area contributed by atoms with Crippen LogP contribution in [-0.4, -0.2) is 49.5 Å². The van der Waals surface area contributed by atoms with Crippen LogP contribution in [0.15, 0.2) is 64.3 Å². The first-order valence-electron chi connectivity index (χ1n) is 9.96. The number of ether oxygens (including phenoxy) is 1. The van der Waals surface area contributed by atoms with Crippen molar-refractivity contribution in [2.75, 3.05) is 33.8 Å². The smallest absolute Gasteiger partial charge is 0.290 e. The van der Waals surface area contributed by atoms with Crippen molar-refractivity contribution in [1.82, 2.24) is 9.80 Å². The van der Waals surface area contributed by atoms with Gasteiger partial charge >= 0.3 is 0 Å². The first-order valence-corrected chi connectivity index (χ1v) is 9.96. The Morgan fingerprint density at radius 1 is 1.23 bits per heavy atom. The van der Waals surface area contributed by atoms with E-state index in [-0.39, 0.29) is 28.2 Å². The van der Waals surface area contributed by atoms with Crippen LogP contribution in [0.25, 0.3) is 11.0 Å². The molecule has 0 N–H and O–H groups in total. The average Bonchev–Trinajstić information content (AvgIpc) is 3.03. The minimum absolute atomic E-state index is 0.00489. The Balaban J connectivity index is 1.90. The van der Waals surface area contributed by atoms with Crippen LogP contribution in [0.4, 0.5) is 4.39 Å². The molecule has 0 saturated carbocycles. The van der Waals surface area contributed by atoms with Gasteiger partial charge in [-0.3, -0.25) is 9.59 Å². The number of hydrogen-bond acceptors (Lipinski definition) is 5. The molecular weight excluding hydrogens is 399 g/mol. The summed E-state index contributed by atoms with van der Waals surface area (Å²) in [7, 11) is 3.82. The molecule has 31 heavy (non-hydrogen) atoms. The van der Waals surface area contributed by atoms with Crippen molar-refractivity contribution in [1.29, 1.82) is 0 Å². The van der Waals surface area contributed by atoms with Crippen LogP contribution in [0.3, 0.4) is 0 Å². The summed E-state index contributed by atoms with van der Waals surface area (Å²) in [5.74, 6) is -0.292. The molecule has 0 aliphatic carbocycles. The van der Waals surface area contributed by atoms with Gasteiger partial charge < -0.3 is 19.0 Å². The molecule has 6 nitrogen and oxygen atoms in total. The molecule has 1 aliphatic heterocycles. The molecule has 1 amide bonds. The third-order valence-electron chi connectivity index (χ3n) is 5.26. The highest BCUT2D eigenvalue weighted by Gasteiger charge is 2.42. The summed E-state index contributed by atoms with van der Waals surface area (Å²) in [4.78, 5) is 30.2. The van der Waals surface area contributed by atoms with Gasteiger partial charge in [-0.15, -0.1) is 0 Å². The summed E-state index contributed by atoms with van der Waals surface area (Å²) in [6.45, 7) is 4.98. The molecule has 160 valence electrons. The van der Waals surface area contributed by atoms with Gasteiger partial charge in [0.05, 0.1) is 17.0 Å². The van der Waals surface area contributed by atoms with E-state index in [4.69, 9.17) is 9.15 Å². The number of hydrogen-bond donors (Lipinski definition) is 0. The van der Waals surface area contributed by atoms with Crippen LogP contribution in [0.2, 0.25) is 0 Å². The molecule has 0 spiro atoms. The van der Waals surface area contributed by atoms with E-state index in [1.54, 1.807) is 23.1 Å². The Bertz CT molecular complexity index is 1220. The van der Waals surface area contributed by atoms with Crippen LogP contribution >= 0.6 is 0 Å². The lowest BCUT2D eigenvalue weighted by Crippen LogP contribution is -2.35. The molecule has 0 fully saturated rings. The predicted molar refractivity (Wildman–Crippen MR) is 116 cm³/mol. The third-order valence-corrected chi connectivity index (χ3v) is 5.26. The van der Waals surface area contributed by atoms with Crippen molar-refractivity contribution in [2.45, 2.75) is 6.04 Å². The van der Waals surface area contributed by atoms with Gasteiger partial charge in [0.25, 0.3) is 5.91 Å². The largest absolute Gasteiger partial charge is 0.490 e. The van der Waals surface area contributed by atoms with Gasteiger partial charge in [0.2, 0.25) is 5.76 Å². The van der Waals surface area contributed by atoms with E-state index < -0.39 is 17.3 Å². The monoisotopic (exact) mass is 422 g/mol. The second-order valence-electron chi connectivity index (χ2n) is 7.69. The molecule has 2 aromatic carbocycles. The fourth-order valence-corrected chi connectivity index (χ4v) is 3.81. The van der Waals surface area contributed by atoms with Crippen molar-refractivity contribution in [3.8, 4) is 5.75 Å². The SMILES string of the molecule is C=CCOc1cccc(C2c3c(oc4ccc(F)cc4c3=O)C(=O)N2CCN(C)C)c1. The molecule has 0 radical (unpaired) electrons. The van der Waals surface area contributed by atoms with Crippen LogP contribution in [-0.2, 0) is 0 Å². The molecule has 7 heteroatoms. The zero-order chi connectivity index (χ0) is 22.1. The van der Waals surface area contributed by atoms with Gasteiger partial charge in [0.15, 0.2) is 5.43 Å². The normalized spacial score (nSPS) is 15.5. The Morgan fingerprint density at radius 2 is 2.03 bits per heavy atom. The zero-order valence-electron chi connectivity index (χ0n) is 17.4. The number of halogens is 1. The van der Waals surface area contributed by atoms with E-state index in [0.29, 0.717) is 25.4 Å². The summed E-state index contributed by atoms with van der Waals surface area (Å²) in [5, 5.41) is 0.116. The molecule has 3 aromatic rings. The maximum atomic E-state index is 13.8. The van der Waals surface area contributed by atoms with Crippen molar-refractivity contribution in [2.24, 2.45) is 0 Å². The maximum absolute atomic E-state index is 13.8. The number of amides is 1. The average molecular weight is 422 g/mol. The molecule has 1 atom stereocenters. The van der Waals surface area contributed by atoms with Crippen molar-refractivity contribution < 1.29 is 18.3 Å². The summed E-state index contributed by atoms with van der Waals surface area (Å²) < 4.78 is 25.3. The zero-order valence-corrected chi connectivity index (χ0v) is 17.4. The number of rotatable bonds is 7. The minimum atomic E-state index is -0.654. The summed E-state index contributed by atoms with van der Waals surface area (Å²) in [6, 6.07) is 10.3. The van der Waals surface area contributed by atoms with E-state index in [1.165, 1.54) is 12.1 Å². The Labute approximate surface area is 179 Å². The molecule has 1 aromatic heterocycles. The molecule has 0 bridgehead atoms. The fourth-order valence-electron chi connectivity index (χ4n) is 3.81. The van der Waals surface area contributed by atoms with Crippen molar-refractivity contribution in [3.05, 3.63) is 88.0 Å². The lowest BCUT2D eigenvalue weighted by Gasteiger charge is -2.26. The van der Waals surface area contributed by atoms with Crippen LogP contribution < -0.4 is 10.2 Å². The molecule has 0 saturated heterocycles. The highest BCUT2D eigenvalue weighted by Crippen LogP contribution is 2.38. The topological polar surface area (TPSA) is 63.0 Å². The van der Waals surface area contributed by atoms with Gasteiger partial charge in [-0.05, 0) is 50.0 Å². The van der Waals surface area contributed by atoms with E-state index in [9.17, 15) is 14.0 Å². The van der Waals surface area contributed by atoms with Crippen molar-refractivity contribution >= 4 is 16.9 Å². The molecule has 1 unspecified atom stereocenters. The van der Waals surface area contributed by atoms with Crippen LogP contribution in [0.1, 0.15) is 27.7 Å². The van der Waals surface area contributed by atoms with Crippen molar-refractivity contribution in [3.63, 3.8) is 0 Å². The second-order valence-corrected chi connectivity index (χ2v) is 7.69. The van der Waals surface area contributed by atoms with E-state index in [0.717, 1.165) is 11.6 Å². The quantitative estimate of drug-likeness (QED) is 0.545. The third kappa shape index (κ3) is 3.84. The number of carbonyl (C=O) groups excluding carboxylic acids is 1. The second kappa shape index (κ2) is 8.35. The standard InChI is InChI=1S/C24H23FN2O4/c1-4-12-30-17-7-5-6-15(13-17)21-20-22(28)18-14-16(25)8-9-19(18)31-23(20)24(29)27(21)11-10-26(2)3/h4-9,13-14,21H,1,10-12H2,2-3H3. The van der Waals surface area contributed by atoms with E-state index >= 15 is 0 Å². The number of fused-ring (bicyclic) bond motifs is 2. The highest BCUT2D eigenvalue weighted by atomic mass is 19.1. The predicted octanol–water partition coefficient (Wildman–Crippen LogP) is 3.60. The van der Waals surface area contributed by atoms with Gasteiger partial charge in [-0.2, -0.15) is 0 Å². The van der Waals surface area contributed by atoms with Gasteiger partial charge in [-0.1, -0.05) is 24.8 Å². The Kier molecular flexibility index (Phi) is 5.61. The maximum Gasteiger partial charge on any atom is 0.290 e. The number of nitrogens with zero attached hydrogens (tertiary/aromatic N) is 2. The summed E-state index contributed by atoms with van der Waals surface area (Å²) in [5.41, 5.74) is 0.729. The molecule has 1 aliphatic rings. The Hall–Kier alpha value is -3.45. The molecule has 2 heterocycles. The number of likely N-dealkylation sites (N-methyl/N-ethyl adjacent to an activating group) is 1. The number of benzene rings is 2. The first kappa shape index (κ1) is 20.8. The highest BCUT2D eigenvalue weighted by molar-refractivity contribution is 5.99. The lowest BCUT2D eigenvalue weighted by molar-refractivity contribution is 0.0716. The summed E-state index contributed by atoms with van der Waals surface area (Å²) >= 11 is 0. The van der Waals surface area contributed by atoms with Crippen LogP contribution in [0.5, 0.6) is 5.75 Å². The van der Waals surface area contributed by atoms with Gasteiger partial charge in [-0.25, -0.2) is 4.39 Å². The van der Waals surface area contributed by atoms with Gasteiger partial charge in [0, 0.05) is 13.1 Å². The Morgan fingerprint density at radius 3 is 2.77 bits per heavy atom. The summed E-state index contributed by atoms with van der Waals surface area (Å²) in [6.07, 6.45) is 1.64. The lowest BCUT2D eigenvalue weighted by atomic mass is 9.98. The van der Waals surface area contributed by atoms with Gasteiger partial charge in [0.1, 0.15) is 23.8 Å².